The van der Waals surface area contributed by atoms with E-state index in [1.54, 1.807) is 0 Å². The molecule has 1 fully saturated rings. The number of carbonyl (C=O) groups excluding carboxylic acids is 1. The number of piperazine rings is 1. The fourth-order valence-corrected chi connectivity index (χ4v) is 3.52. The number of alkyl halides is 1. The molecule has 1 saturated heterocycles. The maximum atomic E-state index is 11.8. The SMILES string of the molecule is Cc1ccc(Cc2c(C)nc(C)nc2N2CCN(C(=O)CCl)CC2)cc1. The van der Waals surface area contributed by atoms with E-state index in [1.807, 2.05) is 11.8 Å². The zero-order valence-corrected chi connectivity index (χ0v) is 16.4. The molecule has 26 heavy (non-hydrogen) atoms. The highest BCUT2D eigenvalue weighted by Gasteiger charge is 2.24. The lowest BCUT2D eigenvalue weighted by atomic mass is 10.0. The smallest absolute Gasteiger partial charge is 0.237 e. The molecule has 2 aromatic rings. The highest BCUT2D eigenvalue weighted by Crippen LogP contribution is 2.25. The van der Waals surface area contributed by atoms with Crippen LogP contribution < -0.4 is 4.90 Å². The van der Waals surface area contributed by atoms with Gasteiger partial charge >= 0.3 is 0 Å². The highest BCUT2D eigenvalue weighted by atomic mass is 35.5. The number of hydrogen-bond acceptors (Lipinski definition) is 4. The Labute approximate surface area is 160 Å². The second-order valence-electron chi connectivity index (χ2n) is 6.82. The lowest BCUT2D eigenvalue weighted by molar-refractivity contribution is -0.128. The van der Waals surface area contributed by atoms with E-state index in [0.717, 1.165) is 42.4 Å². The number of anilines is 1. The normalized spacial score (nSPS) is 14.6. The summed E-state index contributed by atoms with van der Waals surface area (Å²) in [5, 5.41) is 0. The third kappa shape index (κ3) is 4.15. The average molecular weight is 373 g/mol. The van der Waals surface area contributed by atoms with Crippen LogP contribution in [0.2, 0.25) is 0 Å². The van der Waals surface area contributed by atoms with Crippen LogP contribution in [0.15, 0.2) is 24.3 Å². The molecule has 0 unspecified atom stereocenters. The van der Waals surface area contributed by atoms with Crippen molar-refractivity contribution >= 4 is 23.3 Å². The highest BCUT2D eigenvalue weighted by molar-refractivity contribution is 6.27. The second kappa shape index (κ2) is 8.04. The molecule has 2 heterocycles. The molecule has 1 aromatic carbocycles. The Morgan fingerprint density at radius 2 is 1.69 bits per heavy atom. The van der Waals surface area contributed by atoms with Crippen molar-refractivity contribution < 1.29 is 4.79 Å². The van der Waals surface area contributed by atoms with Crippen LogP contribution in [-0.4, -0.2) is 52.8 Å². The van der Waals surface area contributed by atoms with Gasteiger partial charge in [-0.15, -0.1) is 11.6 Å². The van der Waals surface area contributed by atoms with E-state index < -0.39 is 0 Å². The van der Waals surface area contributed by atoms with Gasteiger partial charge in [0.2, 0.25) is 5.91 Å². The van der Waals surface area contributed by atoms with Crippen LogP contribution in [0.4, 0.5) is 5.82 Å². The van der Waals surface area contributed by atoms with Gasteiger partial charge in [0.1, 0.15) is 17.5 Å². The van der Waals surface area contributed by atoms with Crippen molar-refractivity contribution in [2.75, 3.05) is 37.0 Å². The van der Waals surface area contributed by atoms with Gasteiger partial charge in [-0.3, -0.25) is 4.79 Å². The standard InChI is InChI=1S/C20H25ClN4O/c1-14-4-6-17(7-5-14)12-18-15(2)22-16(3)23-20(18)25-10-8-24(9-11-25)19(26)13-21/h4-7H,8-13H2,1-3H3. The molecule has 0 spiro atoms. The Morgan fingerprint density at radius 3 is 2.31 bits per heavy atom. The monoisotopic (exact) mass is 372 g/mol. The second-order valence-corrected chi connectivity index (χ2v) is 7.09. The molecule has 3 rings (SSSR count). The van der Waals surface area contributed by atoms with Gasteiger partial charge in [0.25, 0.3) is 0 Å². The third-order valence-electron chi connectivity index (χ3n) is 4.85. The van der Waals surface area contributed by atoms with Crippen molar-refractivity contribution in [3.63, 3.8) is 0 Å². The zero-order valence-electron chi connectivity index (χ0n) is 15.6. The minimum atomic E-state index is 0.00115. The molecule has 138 valence electrons. The quantitative estimate of drug-likeness (QED) is 0.774. The number of hydrogen-bond donors (Lipinski definition) is 0. The van der Waals surface area contributed by atoms with Crippen molar-refractivity contribution in [2.45, 2.75) is 27.2 Å². The van der Waals surface area contributed by atoms with Crippen LogP contribution in [0.25, 0.3) is 0 Å². The number of aromatic nitrogens is 2. The number of rotatable bonds is 4. The van der Waals surface area contributed by atoms with Crippen molar-refractivity contribution in [1.82, 2.24) is 14.9 Å². The lowest BCUT2D eigenvalue weighted by Gasteiger charge is -2.36. The molecule has 6 heteroatoms. The molecule has 0 atom stereocenters. The average Bonchev–Trinajstić information content (AvgIpc) is 2.65. The number of nitrogens with zero attached hydrogens (tertiary/aromatic N) is 4. The molecular weight excluding hydrogens is 348 g/mol. The Morgan fingerprint density at radius 1 is 1.04 bits per heavy atom. The van der Waals surface area contributed by atoms with E-state index in [2.05, 4.69) is 48.0 Å². The summed E-state index contributed by atoms with van der Waals surface area (Å²) in [5.41, 5.74) is 4.69. The van der Waals surface area contributed by atoms with Gasteiger partial charge in [-0.25, -0.2) is 9.97 Å². The zero-order chi connectivity index (χ0) is 18.7. The molecule has 0 aliphatic carbocycles. The Kier molecular flexibility index (Phi) is 5.77. The molecule has 0 radical (unpaired) electrons. The minimum Gasteiger partial charge on any atom is -0.353 e. The van der Waals surface area contributed by atoms with E-state index in [9.17, 15) is 4.79 Å². The first kappa shape index (κ1) is 18.6. The van der Waals surface area contributed by atoms with Crippen LogP contribution in [0.5, 0.6) is 0 Å². The molecule has 0 bridgehead atoms. The predicted octanol–water partition coefficient (Wildman–Crippen LogP) is 2.88. The summed E-state index contributed by atoms with van der Waals surface area (Å²) in [5.74, 6) is 1.82. The number of aryl methyl sites for hydroxylation is 3. The van der Waals surface area contributed by atoms with Crippen LogP contribution in [0, 0.1) is 20.8 Å². The van der Waals surface area contributed by atoms with E-state index in [1.165, 1.54) is 11.1 Å². The molecule has 0 saturated carbocycles. The number of carbonyl (C=O) groups is 1. The first-order valence-corrected chi connectivity index (χ1v) is 9.49. The van der Waals surface area contributed by atoms with Gasteiger partial charge in [0.15, 0.2) is 0 Å². The molecule has 5 nitrogen and oxygen atoms in total. The summed E-state index contributed by atoms with van der Waals surface area (Å²) in [4.78, 5) is 25.2. The molecule has 1 amide bonds. The molecule has 1 aliphatic heterocycles. The van der Waals surface area contributed by atoms with Gasteiger partial charge < -0.3 is 9.80 Å². The van der Waals surface area contributed by atoms with Crippen LogP contribution in [0.3, 0.4) is 0 Å². The predicted molar refractivity (Wildman–Crippen MR) is 105 cm³/mol. The fourth-order valence-electron chi connectivity index (χ4n) is 3.35. The molecule has 0 N–H and O–H groups in total. The van der Waals surface area contributed by atoms with Crippen LogP contribution in [-0.2, 0) is 11.2 Å². The van der Waals surface area contributed by atoms with Gasteiger partial charge in [-0.2, -0.15) is 0 Å². The molecule has 1 aromatic heterocycles. The minimum absolute atomic E-state index is 0.00115. The first-order chi connectivity index (χ1) is 12.5. The Balaban J connectivity index is 1.85. The Hall–Kier alpha value is -2.14. The first-order valence-electron chi connectivity index (χ1n) is 8.96. The van der Waals surface area contributed by atoms with Crippen molar-refractivity contribution in [2.24, 2.45) is 0 Å². The third-order valence-corrected chi connectivity index (χ3v) is 5.08. The molecule has 1 aliphatic rings. The fraction of sp³-hybridized carbons (Fsp3) is 0.450. The summed E-state index contributed by atoms with van der Waals surface area (Å²) in [6.07, 6.45) is 0.808. The van der Waals surface area contributed by atoms with Gasteiger partial charge in [-0.05, 0) is 26.3 Å². The van der Waals surface area contributed by atoms with E-state index >= 15 is 0 Å². The Bertz CT molecular complexity index is 783. The van der Waals surface area contributed by atoms with Gasteiger partial charge in [0, 0.05) is 43.9 Å². The summed E-state index contributed by atoms with van der Waals surface area (Å²) in [6.45, 7) is 8.96. The van der Waals surface area contributed by atoms with Crippen LogP contribution >= 0.6 is 11.6 Å². The summed E-state index contributed by atoms with van der Waals surface area (Å²) >= 11 is 5.68. The van der Waals surface area contributed by atoms with Gasteiger partial charge in [0.05, 0.1) is 0 Å². The summed E-state index contributed by atoms with van der Waals surface area (Å²) in [6, 6.07) is 8.59. The largest absolute Gasteiger partial charge is 0.353 e. The van der Waals surface area contributed by atoms with E-state index in [4.69, 9.17) is 16.6 Å². The van der Waals surface area contributed by atoms with E-state index in [-0.39, 0.29) is 11.8 Å². The maximum Gasteiger partial charge on any atom is 0.237 e. The van der Waals surface area contributed by atoms with Gasteiger partial charge in [-0.1, -0.05) is 29.8 Å². The number of amides is 1. The topological polar surface area (TPSA) is 49.3 Å². The van der Waals surface area contributed by atoms with Crippen molar-refractivity contribution in [3.05, 3.63) is 52.5 Å². The van der Waals surface area contributed by atoms with E-state index in [0.29, 0.717) is 13.1 Å². The summed E-state index contributed by atoms with van der Waals surface area (Å²) in [7, 11) is 0. The van der Waals surface area contributed by atoms with Crippen molar-refractivity contribution in [1.29, 1.82) is 0 Å². The molecular formula is C20H25ClN4O. The number of benzene rings is 1. The van der Waals surface area contributed by atoms with Crippen LogP contribution in [0.1, 0.15) is 28.2 Å². The summed E-state index contributed by atoms with van der Waals surface area (Å²) < 4.78 is 0. The lowest BCUT2D eigenvalue weighted by Crippen LogP contribution is -2.49. The van der Waals surface area contributed by atoms with Crippen molar-refractivity contribution in [3.8, 4) is 0 Å². The maximum absolute atomic E-state index is 11.8. The number of halogens is 1.